The van der Waals surface area contributed by atoms with Gasteiger partial charge in [-0.2, -0.15) is 0 Å². The number of likely N-dealkylation sites (tertiary alicyclic amines) is 1. The highest BCUT2D eigenvalue weighted by Gasteiger charge is 2.21. The quantitative estimate of drug-likeness (QED) is 0.836. The summed E-state index contributed by atoms with van der Waals surface area (Å²) >= 11 is 5.85. The van der Waals surface area contributed by atoms with Crippen LogP contribution in [0.3, 0.4) is 0 Å². The highest BCUT2D eigenvalue weighted by molar-refractivity contribution is 6.30. The second kappa shape index (κ2) is 8.80. The van der Waals surface area contributed by atoms with E-state index in [-0.39, 0.29) is 18.4 Å². The molecule has 0 saturated carbocycles. The first-order chi connectivity index (χ1) is 12.6. The SMILES string of the molecule is O=C(Cn1cc(C(=O)N2CCCCC2)nn1)NCCc1ccc(Cl)cc1. The van der Waals surface area contributed by atoms with E-state index in [1.807, 2.05) is 24.3 Å². The summed E-state index contributed by atoms with van der Waals surface area (Å²) in [6, 6.07) is 7.53. The molecule has 7 nitrogen and oxygen atoms in total. The molecule has 8 heteroatoms. The van der Waals surface area contributed by atoms with Crippen LogP contribution in [0.2, 0.25) is 5.02 Å². The van der Waals surface area contributed by atoms with Gasteiger partial charge < -0.3 is 10.2 Å². The van der Waals surface area contributed by atoms with E-state index in [4.69, 9.17) is 11.6 Å². The number of halogens is 1. The number of carbonyl (C=O) groups is 2. The third-order valence-electron chi connectivity index (χ3n) is 4.36. The second-order valence-electron chi connectivity index (χ2n) is 6.38. The van der Waals surface area contributed by atoms with E-state index in [1.165, 1.54) is 10.9 Å². The Morgan fingerprint density at radius 2 is 1.85 bits per heavy atom. The van der Waals surface area contributed by atoms with E-state index in [0.29, 0.717) is 17.3 Å². The molecule has 26 heavy (non-hydrogen) atoms. The predicted molar refractivity (Wildman–Crippen MR) is 97.9 cm³/mol. The first kappa shape index (κ1) is 18.4. The third kappa shape index (κ3) is 5.05. The minimum atomic E-state index is -0.166. The van der Waals surface area contributed by atoms with Crippen molar-refractivity contribution in [3.63, 3.8) is 0 Å². The number of nitrogens with zero attached hydrogens (tertiary/aromatic N) is 4. The van der Waals surface area contributed by atoms with E-state index in [1.54, 1.807) is 4.90 Å². The lowest BCUT2D eigenvalue weighted by Gasteiger charge is -2.25. The molecule has 0 radical (unpaired) electrons. The van der Waals surface area contributed by atoms with Gasteiger partial charge in [-0.3, -0.25) is 9.59 Å². The molecule has 2 heterocycles. The monoisotopic (exact) mass is 375 g/mol. The van der Waals surface area contributed by atoms with Crippen LogP contribution in [0, 0.1) is 0 Å². The van der Waals surface area contributed by atoms with Gasteiger partial charge in [-0.25, -0.2) is 4.68 Å². The second-order valence-corrected chi connectivity index (χ2v) is 6.82. The summed E-state index contributed by atoms with van der Waals surface area (Å²) in [5.74, 6) is -0.278. The number of hydrogen-bond acceptors (Lipinski definition) is 4. The van der Waals surface area contributed by atoms with Gasteiger partial charge in [0.05, 0.1) is 6.20 Å². The normalized spacial score (nSPS) is 14.3. The molecule has 0 aliphatic carbocycles. The van der Waals surface area contributed by atoms with Crippen molar-refractivity contribution in [2.45, 2.75) is 32.2 Å². The van der Waals surface area contributed by atoms with Crippen molar-refractivity contribution < 1.29 is 9.59 Å². The molecule has 1 aromatic heterocycles. The fourth-order valence-corrected chi connectivity index (χ4v) is 3.06. The Balaban J connectivity index is 1.45. The van der Waals surface area contributed by atoms with Crippen LogP contribution < -0.4 is 5.32 Å². The Morgan fingerprint density at radius 1 is 1.12 bits per heavy atom. The van der Waals surface area contributed by atoms with Crippen LogP contribution >= 0.6 is 11.6 Å². The average molecular weight is 376 g/mol. The third-order valence-corrected chi connectivity index (χ3v) is 4.61. The molecular formula is C18H22ClN5O2. The zero-order valence-electron chi connectivity index (χ0n) is 14.5. The maximum atomic E-state index is 12.4. The van der Waals surface area contributed by atoms with Crippen LogP contribution in [0.1, 0.15) is 35.3 Å². The highest BCUT2D eigenvalue weighted by atomic mass is 35.5. The minimum absolute atomic E-state index is 0.0426. The molecule has 0 spiro atoms. The van der Waals surface area contributed by atoms with Crippen LogP contribution in [-0.4, -0.2) is 51.3 Å². The Kier molecular flexibility index (Phi) is 6.22. The smallest absolute Gasteiger partial charge is 0.276 e. The number of piperidine rings is 1. The Hall–Kier alpha value is -2.41. The molecule has 138 valence electrons. The lowest BCUT2D eigenvalue weighted by Crippen LogP contribution is -2.35. The van der Waals surface area contributed by atoms with Crippen LogP contribution in [0.25, 0.3) is 0 Å². The van der Waals surface area contributed by atoms with Gasteiger partial charge in [0, 0.05) is 24.7 Å². The van der Waals surface area contributed by atoms with Crippen molar-refractivity contribution in [1.29, 1.82) is 0 Å². The summed E-state index contributed by atoms with van der Waals surface area (Å²) in [6.07, 6.45) is 5.47. The van der Waals surface area contributed by atoms with Crippen LogP contribution in [0.4, 0.5) is 0 Å². The number of benzene rings is 1. The molecule has 1 saturated heterocycles. The number of hydrogen-bond donors (Lipinski definition) is 1. The molecule has 1 aliphatic heterocycles. The number of rotatable bonds is 6. The van der Waals surface area contributed by atoms with Gasteiger partial charge in [-0.05, 0) is 43.4 Å². The van der Waals surface area contributed by atoms with Gasteiger partial charge in [0.25, 0.3) is 5.91 Å². The van der Waals surface area contributed by atoms with E-state index in [2.05, 4.69) is 15.6 Å². The van der Waals surface area contributed by atoms with E-state index in [0.717, 1.165) is 44.3 Å². The molecule has 1 aromatic carbocycles. The fraction of sp³-hybridized carbons (Fsp3) is 0.444. The zero-order valence-corrected chi connectivity index (χ0v) is 15.3. The van der Waals surface area contributed by atoms with Crippen LogP contribution in [0.5, 0.6) is 0 Å². The van der Waals surface area contributed by atoms with Gasteiger partial charge in [-0.15, -0.1) is 5.10 Å². The topological polar surface area (TPSA) is 80.1 Å². The number of amides is 2. The molecule has 3 rings (SSSR count). The van der Waals surface area contributed by atoms with Gasteiger partial charge in [0.2, 0.25) is 5.91 Å². The van der Waals surface area contributed by atoms with Crippen molar-refractivity contribution in [3.8, 4) is 0 Å². The fourth-order valence-electron chi connectivity index (χ4n) is 2.93. The maximum absolute atomic E-state index is 12.4. The van der Waals surface area contributed by atoms with Gasteiger partial charge >= 0.3 is 0 Å². The maximum Gasteiger partial charge on any atom is 0.276 e. The van der Waals surface area contributed by atoms with Gasteiger partial charge in [0.15, 0.2) is 5.69 Å². The average Bonchev–Trinajstić information content (AvgIpc) is 3.12. The van der Waals surface area contributed by atoms with Gasteiger partial charge in [-0.1, -0.05) is 28.9 Å². The molecule has 1 aliphatic rings. The summed E-state index contributed by atoms with van der Waals surface area (Å²) < 4.78 is 1.40. The largest absolute Gasteiger partial charge is 0.354 e. The van der Waals surface area contributed by atoms with Crippen molar-refractivity contribution >= 4 is 23.4 Å². The predicted octanol–water partition coefficient (Wildman–Crippen LogP) is 1.92. The van der Waals surface area contributed by atoms with E-state index >= 15 is 0 Å². The van der Waals surface area contributed by atoms with Crippen LogP contribution in [-0.2, 0) is 17.8 Å². The summed E-state index contributed by atoms with van der Waals surface area (Å²) in [7, 11) is 0. The van der Waals surface area contributed by atoms with Crippen molar-refractivity contribution in [2.75, 3.05) is 19.6 Å². The van der Waals surface area contributed by atoms with E-state index in [9.17, 15) is 9.59 Å². The molecule has 0 atom stereocenters. The van der Waals surface area contributed by atoms with Gasteiger partial charge in [0.1, 0.15) is 6.54 Å². The molecule has 0 unspecified atom stereocenters. The molecule has 2 amide bonds. The molecule has 2 aromatic rings. The number of carbonyl (C=O) groups excluding carboxylic acids is 2. The lowest BCUT2D eigenvalue weighted by atomic mass is 10.1. The van der Waals surface area contributed by atoms with Crippen molar-refractivity contribution in [3.05, 3.63) is 46.7 Å². The molecular weight excluding hydrogens is 354 g/mol. The van der Waals surface area contributed by atoms with Crippen molar-refractivity contribution in [1.82, 2.24) is 25.2 Å². The summed E-state index contributed by atoms with van der Waals surface area (Å²) in [5, 5.41) is 11.3. The summed E-state index contributed by atoms with van der Waals surface area (Å²) in [4.78, 5) is 26.2. The number of aromatic nitrogens is 3. The standard InChI is InChI=1S/C18H22ClN5O2/c19-15-6-4-14(5-7-15)8-9-20-17(25)13-24-12-16(21-22-24)18(26)23-10-2-1-3-11-23/h4-7,12H,1-3,8-11,13H2,(H,20,25). The molecule has 1 fully saturated rings. The van der Waals surface area contributed by atoms with Crippen LogP contribution in [0.15, 0.2) is 30.5 Å². The first-order valence-corrected chi connectivity index (χ1v) is 9.20. The number of nitrogens with one attached hydrogen (secondary N) is 1. The zero-order chi connectivity index (χ0) is 18.4. The summed E-state index contributed by atoms with van der Waals surface area (Å²) in [6.45, 7) is 2.09. The highest BCUT2D eigenvalue weighted by Crippen LogP contribution is 2.12. The lowest BCUT2D eigenvalue weighted by molar-refractivity contribution is -0.121. The molecule has 1 N–H and O–H groups in total. The Labute approximate surface area is 157 Å². The Morgan fingerprint density at radius 3 is 2.58 bits per heavy atom. The summed E-state index contributed by atoms with van der Waals surface area (Å²) in [5.41, 5.74) is 1.39. The van der Waals surface area contributed by atoms with Crippen molar-refractivity contribution in [2.24, 2.45) is 0 Å². The Bertz CT molecular complexity index is 753. The first-order valence-electron chi connectivity index (χ1n) is 8.82. The van der Waals surface area contributed by atoms with E-state index < -0.39 is 0 Å². The minimum Gasteiger partial charge on any atom is -0.354 e. The molecule has 0 bridgehead atoms.